The third-order valence-electron chi connectivity index (χ3n) is 18.2. The number of nitrogens with zero attached hydrogens (tertiary/aromatic N) is 1. The Bertz CT molecular complexity index is 3430. The van der Waals surface area contributed by atoms with Crippen molar-refractivity contribution in [1.29, 1.82) is 0 Å². The third-order valence-corrected chi connectivity index (χ3v) is 20.5. The van der Waals surface area contributed by atoms with Crippen molar-refractivity contribution >= 4 is 69.3 Å². The predicted octanol–water partition coefficient (Wildman–Crippen LogP) is 6.76. The first kappa shape index (κ1) is 81.2. The summed E-state index contributed by atoms with van der Waals surface area (Å²) in [5.41, 5.74) is -8.28. The van der Waals surface area contributed by atoms with E-state index < -0.39 is 145 Å². The molecule has 4 aromatic rings. The van der Waals surface area contributed by atoms with Crippen LogP contribution in [0, 0.1) is 16.7 Å². The van der Waals surface area contributed by atoms with Gasteiger partial charge in [-0.25, -0.2) is 19.4 Å². The minimum absolute atomic E-state index is 0.0242. The molecule has 3 N–H and O–H groups in total. The number of carbonyl (C=O) groups is 8. The minimum Gasteiger partial charge on any atom is -0.456 e. The Hall–Kier alpha value is -7.43. The number of carbonyl (C=O) groups excluding carboxylic acids is 8. The van der Waals surface area contributed by atoms with Crippen molar-refractivity contribution in [3.8, 4) is 0 Å². The highest BCUT2D eigenvalue weighted by Crippen LogP contribution is 2.65. The van der Waals surface area contributed by atoms with Gasteiger partial charge in [-0.2, -0.15) is 0 Å². The molecule has 3 fully saturated rings. The summed E-state index contributed by atoms with van der Waals surface area (Å²) in [5.74, 6) is -7.64. The largest absolute Gasteiger partial charge is 0.511 e. The van der Waals surface area contributed by atoms with E-state index in [4.69, 9.17) is 75.8 Å². The fourth-order valence-corrected chi connectivity index (χ4v) is 14.8. The van der Waals surface area contributed by atoms with Gasteiger partial charge in [-0.3, -0.25) is 24.0 Å². The summed E-state index contributed by atoms with van der Waals surface area (Å²) in [5, 5.41) is 29.9. The van der Waals surface area contributed by atoms with Gasteiger partial charge in [-0.15, -0.1) is 0 Å². The number of hydrogen-bond acceptors (Lipinski definition) is 29. The van der Waals surface area contributed by atoms with E-state index in [0.29, 0.717) is 84.8 Å². The Labute approximate surface area is 605 Å². The number of esters is 5. The summed E-state index contributed by atoms with van der Waals surface area (Å²) in [7, 11) is 3.32. The molecule has 2 bridgehead atoms. The van der Waals surface area contributed by atoms with E-state index in [1.54, 1.807) is 94.5 Å². The number of amides is 1. The molecule has 1 aromatic heterocycles. The van der Waals surface area contributed by atoms with Crippen molar-refractivity contribution in [3.63, 3.8) is 0 Å². The SMILES string of the molecule is CC(=O)O[C@H]1C(=O)[C@]2(C)[C@@H](OC(=O)OCOC(=O)CCOCCOCCOCCOCCOCCOCCOCCOCCSSc3ccccn3)C[C@H]3OC[C@@]3(OC(C)=O)[C@H]2[C@H](OC(=O)c2ccccc2)[C@]2(O)C[C@H](OC(=O)[C@H](O)[C@@H](NC(=O)c3ccccc3)c3ccccc3)C(C)=C1C2(C)C. The Kier molecular flexibility index (Phi) is 31.7. The molecule has 0 spiro atoms. The van der Waals surface area contributed by atoms with Gasteiger partial charge < -0.3 is 91.3 Å². The highest BCUT2D eigenvalue weighted by Gasteiger charge is 2.79. The first-order chi connectivity index (χ1) is 49.6. The van der Waals surface area contributed by atoms with Gasteiger partial charge in [0.15, 0.2) is 23.6 Å². The van der Waals surface area contributed by atoms with Gasteiger partial charge in [0, 0.05) is 49.6 Å². The zero-order valence-corrected chi connectivity index (χ0v) is 60.2. The molecular formula is C73H92N2O26S2. The molecule has 0 radical (unpaired) electrons. The van der Waals surface area contributed by atoms with E-state index in [-0.39, 0.29) is 55.1 Å². The maximum Gasteiger partial charge on any atom is 0.511 e. The van der Waals surface area contributed by atoms with Crippen LogP contribution in [0.1, 0.15) is 93.1 Å². The second kappa shape index (κ2) is 40.2. The lowest BCUT2D eigenvalue weighted by Crippen LogP contribution is -2.82. The van der Waals surface area contributed by atoms with Gasteiger partial charge in [-0.1, -0.05) is 97.4 Å². The second-order valence-corrected chi connectivity index (χ2v) is 27.6. The van der Waals surface area contributed by atoms with Crippen molar-refractivity contribution in [1.82, 2.24) is 10.3 Å². The monoisotopic (exact) mass is 1480 g/mol. The Morgan fingerprint density at radius 1 is 0.641 bits per heavy atom. The maximum absolute atomic E-state index is 16.3. The summed E-state index contributed by atoms with van der Waals surface area (Å²) in [6.45, 7) is 12.3. The second-order valence-electron chi connectivity index (χ2n) is 25.2. The summed E-state index contributed by atoms with van der Waals surface area (Å²) in [6, 6.07) is 28.2. The fourth-order valence-electron chi connectivity index (χ4n) is 13.1. The van der Waals surface area contributed by atoms with Crippen LogP contribution in [0.2, 0.25) is 0 Å². The average Bonchev–Trinajstić information content (AvgIpc) is 0.668. The summed E-state index contributed by atoms with van der Waals surface area (Å²) in [4.78, 5) is 117. The van der Waals surface area contributed by atoms with Crippen LogP contribution in [0.5, 0.6) is 0 Å². The number of aliphatic hydroxyl groups excluding tert-OH is 1. The van der Waals surface area contributed by atoms with E-state index in [1.807, 2.05) is 18.2 Å². The lowest BCUT2D eigenvalue weighted by atomic mass is 9.44. The molecule has 1 aliphatic heterocycles. The third kappa shape index (κ3) is 21.9. The van der Waals surface area contributed by atoms with Crippen molar-refractivity contribution in [2.75, 3.05) is 125 Å². The molecule has 30 heteroatoms. The molecule has 103 heavy (non-hydrogen) atoms. The van der Waals surface area contributed by atoms with E-state index in [1.165, 1.54) is 52.0 Å². The van der Waals surface area contributed by atoms with Crippen LogP contribution in [0.4, 0.5) is 4.79 Å². The minimum atomic E-state index is -2.58. The van der Waals surface area contributed by atoms with Crippen LogP contribution in [0.3, 0.4) is 0 Å². The van der Waals surface area contributed by atoms with Crippen LogP contribution >= 0.6 is 21.6 Å². The molecule has 562 valence electrons. The fraction of sp³-hybridized carbons (Fsp3) is 0.548. The number of benzene rings is 3. The molecule has 4 aliphatic rings. The number of pyridine rings is 1. The van der Waals surface area contributed by atoms with Crippen LogP contribution in [0.25, 0.3) is 0 Å². The lowest BCUT2D eigenvalue weighted by Gasteiger charge is -2.67. The normalized spacial score (nSPS) is 23.7. The summed E-state index contributed by atoms with van der Waals surface area (Å²) < 4.78 is 91.8. The van der Waals surface area contributed by atoms with E-state index in [0.717, 1.165) is 24.6 Å². The molecule has 1 amide bonds. The van der Waals surface area contributed by atoms with Gasteiger partial charge in [0.1, 0.15) is 35.0 Å². The zero-order chi connectivity index (χ0) is 73.8. The molecule has 11 atom stereocenters. The van der Waals surface area contributed by atoms with E-state index in [9.17, 15) is 43.8 Å². The van der Waals surface area contributed by atoms with Crippen molar-refractivity contribution in [2.45, 2.75) is 120 Å². The number of hydrogen-bond donors (Lipinski definition) is 3. The number of fused-ring (bicyclic) bond motifs is 5. The van der Waals surface area contributed by atoms with E-state index in [2.05, 4.69) is 10.3 Å². The van der Waals surface area contributed by atoms with Crippen LogP contribution in [-0.2, 0) is 99.8 Å². The first-order valence-electron chi connectivity index (χ1n) is 34.0. The van der Waals surface area contributed by atoms with Crippen LogP contribution in [0.15, 0.2) is 132 Å². The standard InChI is InChI=1S/C73H92N2O26S2/c1-48-54(98-68(83)61(79)60(51-18-10-7-11-19-51)75-66(81)52-20-12-8-13-21-52)45-73(85)65(100-67(82)53-22-14-9-15-23-53)63-71(6,64(80)62(97-49(2)76)59(48)70(73,4)5)55(44-56-72(63,46-94-56)101-50(3)77)99-69(84)96-47-95-58(78)25-27-86-28-29-87-30-31-88-32-33-89-34-35-90-36-37-91-38-39-92-40-41-93-42-43-102-103-57-24-16-17-26-74-57/h7-24,26,54-56,60-63,65,79,85H,25,27-47H2,1-6H3,(H,75,81)/t54-,55-,56+,60-,61+,62+,63-,65-,71+,72-,73+/m0/s1. The number of ketones is 1. The Morgan fingerprint density at radius 3 is 1.70 bits per heavy atom. The molecule has 3 aromatic carbocycles. The lowest BCUT2D eigenvalue weighted by molar-refractivity contribution is -0.346. The van der Waals surface area contributed by atoms with Crippen LogP contribution < -0.4 is 5.32 Å². The topological polar surface area (TPSA) is 350 Å². The predicted molar refractivity (Wildman–Crippen MR) is 368 cm³/mol. The van der Waals surface area contributed by atoms with Crippen molar-refractivity contribution < 1.29 is 124 Å². The van der Waals surface area contributed by atoms with Gasteiger partial charge in [0.25, 0.3) is 5.91 Å². The molecular weight excluding hydrogens is 1380 g/mol. The van der Waals surface area contributed by atoms with Gasteiger partial charge in [0.2, 0.25) is 6.79 Å². The first-order valence-corrected chi connectivity index (χ1v) is 36.3. The number of nitrogens with one attached hydrogen (secondary N) is 1. The highest BCUT2D eigenvalue weighted by atomic mass is 33.1. The number of aliphatic hydroxyl groups is 2. The van der Waals surface area contributed by atoms with Crippen LogP contribution in [-0.4, -0.2) is 236 Å². The number of aromatic nitrogens is 1. The van der Waals surface area contributed by atoms with E-state index >= 15 is 4.79 Å². The summed E-state index contributed by atoms with van der Waals surface area (Å²) >= 11 is 0. The smallest absolute Gasteiger partial charge is 0.456 e. The molecule has 0 unspecified atom stereocenters. The number of Topliss-reactive ketones (excluding diaryl/α,β-unsaturated/α-hetero) is 1. The van der Waals surface area contributed by atoms with Gasteiger partial charge in [-0.05, 0) is 77.7 Å². The van der Waals surface area contributed by atoms with Gasteiger partial charge >= 0.3 is 36.0 Å². The summed E-state index contributed by atoms with van der Waals surface area (Å²) in [6.07, 6.45) is -11.8. The highest BCUT2D eigenvalue weighted by molar-refractivity contribution is 8.76. The Balaban J connectivity index is 0.822. The average molecular weight is 1480 g/mol. The van der Waals surface area contributed by atoms with Crippen molar-refractivity contribution in [3.05, 3.63) is 143 Å². The quantitative estimate of drug-likeness (QED) is 0.0103. The molecule has 2 heterocycles. The van der Waals surface area contributed by atoms with Crippen molar-refractivity contribution in [2.24, 2.45) is 16.7 Å². The molecule has 2 saturated carbocycles. The Morgan fingerprint density at radius 2 is 1.17 bits per heavy atom. The molecule has 3 aliphatic carbocycles. The van der Waals surface area contributed by atoms with Gasteiger partial charge in [0.05, 0.1) is 142 Å². The number of ether oxygens (including phenoxy) is 16. The molecule has 1 saturated heterocycles. The number of rotatable bonds is 42. The molecule has 8 rings (SSSR count). The zero-order valence-electron chi connectivity index (χ0n) is 58.6. The maximum atomic E-state index is 16.3. The molecule has 28 nitrogen and oxygen atoms in total.